The Bertz CT molecular complexity index is 749. The molecule has 158 valence electrons. The molecule has 2 amide bonds. The van der Waals surface area contributed by atoms with Gasteiger partial charge in [-0.1, -0.05) is 26.7 Å². The highest BCUT2D eigenvalue weighted by Crippen LogP contribution is 2.29. The predicted octanol–water partition coefficient (Wildman–Crippen LogP) is 2.20. The van der Waals surface area contributed by atoms with Gasteiger partial charge in [0.15, 0.2) is 6.61 Å². The molecule has 29 heavy (non-hydrogen) atoms. The molecule has 0 aliphatic heterocycles. The molecular formula is C20H27N3O6. The molecule has 1 aliphatic rings. The van der Waals surface area contributed by atoms with Crippen LogP contribution in [0.4, 0.5) is 5.69 Å². The summed E-state index contributed by atoms with van der Waals surface area (Å²) in [6, 6.07) is 5.24. The van der Waals surface area contributed by atoms with Crippen molar-refractivity contribution >= 4 is 23.5 Å². The number of nitro groups is 1. The summed E-state index contributed by atoms with van der Waals surface area (Å²) in [6.07, 6.45) is 3.08. The highest BCUT2D eigenvalue weighted by molar-refractivity contribution is 5.94. The van der Waals surface area contributed by atoms with Crippen LogP contribution in [-0.4, -0.2) is 41.9 Å². The van der Waals surface area contributed by atoms with Crippen molar-refractivity contribution in [3.05, 3.63) is 39.9 Å². The molecule has 0 saturated heterocycles. The van der Waals surface area contributed by atoms with Crippen molar-refractivity contribution in [3.63, 3.8) is 0 Å². The summed E-state index contributed by atoms with van der Waals surface area (Å²) >= 11 is 0. The van der Waals surface area contributed by atoms with Crippen LogP contribution < -0.4 is 10.6 Å². The number of esters is 1. The largest absolute Gasteiger partial charge is 0.456 e. The molecule has 2 N–H and O–H groups in total. The highest BCUT2D eigenvalue weighted by Gasteiger charge is 2.28. The van der Waals surface area contributed by atoms with Gasteiger partial charge in [0.1, 0.15) is 0 Å². The standard InChI is InChI=1S/C20H27N3O6/c1-13-4-3-5-17(14(13)2)22-18(24)12-29-19(25)10-11-21-20(26)15-6-8-16(9-7-15)23(27)28/h6-9,13-14,17H,3-5,10-12H2,1-2H3,(H,21,26)(H,22,24)/t13-,14+,17+/m0/s1. The molecule has 0 aromatic heterocycles. The fourth-order valence-electron chi connectivity index (χ4n) is 3.37. The van der Waals surface area contributed by atoms with E-state index in [1.165, 1.54) is 24.3 Å². The SMILES string of the molecule is C[C@@H]1[C@@H](C)CCC[C@H]1NC(=O)COC(=O)CCNC(=O)c1ccc([N+](=O)[O-])cc1. The van der Waals surface area contributed by atoms with Crippen LogP contribution in [0.2, 0.25) is 0 Å². The van der Waals surface area contributed by atoms with Gasteiger partial charge in [-0.2, -0.15) is 0 Å². The van der Waals surface area contributed by atoms with Gasteiger partial charge in [0.2, 0.25) is 0 Å². The van der Waals surface area contributed by atoms with Crippen LogP contribution in [0.3, 0.4) is 0 Å². The normalized spacial score (nSPS) is 21.1. The summed E-state index contributed by atoms with van der Waals surface area (Å²) in [5.74, 6) is -0.423. The van der Waals surface area contributed by atoms with Crippen molar-refractivity contribution in [2.75, 3.05) is 13.2 Å². The molecule has 1 fully saturated rings. The maximum atomic E-state index is 12.0. The number of carbonyl (C=O) groups excluding carboxylic acids is 3. The fourth-order valence-corrected chi connectivity index (χ4v) is 3.37. The number of hydrogen-bond acceptors (Lipinski definition) is 6. The summed E-state index contributed by atoms with van der Waals surface area (Å²) in [5.41, 5.74) is 0.139. The van der Waals surface area contributed by atoms with E-state index in [2.05, 4.69) is 24.5 Å². The fraction of sp³-hybridized carbons (Fsp3) is 0.550. The molecule has 3 atom stereocenters. The average Bonchev–Trinajstić information content (AvgIpc) is 2.70. The summed E-state index contributed by atoms with van der Waals surface area (Å²) in [7, 11) is 0. The van der Waals surface area contributed by atoms with Gasteiger partial charge in [-0.25, -0.2) is 0 Å². The van der Waals surface area contributed by atoms with Crippen molar-refractivity contribution in [1.29, 1.82) is 0 Å². The highest BCUT2D eigenvalue weighted by atomic mass is 16.6. The van der Waals surface area contributed by atoms with Crippen LogP contribution in [-0.2, 0) is 14.3 Å². The zero-order valence-corrected chi connectivity index (χ0v) is 16.7. The van der Waals surface area contributed by atoms with E-state index < -0.39 is 16.8 Å². The molecule has 0 unspecified atom stereocenters. The number of nitrogens with one attached hydrogen (secondary N) is 2. The zero-order valence-electron chi connectivity index (χ0n) is 16.7. The smallest absolute Gasteiger partial charge is 0.308 e. The molecule has 1 saturated carbocycles. The van der Waals surface area contributed by atoms with Gasteiger partial charge in [0.25, 0.3) is 17.5 Å². The molecule has 0 heterocycles. The maximum Gasteiger partial charge on any atom is 0.308 e. The lowest BCUT2D eigenvalue weighted by Crippen LogP contribution is -2.45. The first-order valence-electron chi connectivity index (χ1n) is 9.75. The molecule has 2 rings (SSSR count). The Labute approximate surface area is 169 Å². The molecule has 9 nitrogen and oxygen atoms in total. The molecule has 1 aliphatic carbocycles. The quantitative estimate of drug-likeness (QED) is 0.388. The zero-order chi connectivity index (χ0) is 21.4. The van der Waals surface area contributed by atoms with Crippen LogP contribution in [0.25, 0.3) is 0 Å². The van der Waals surface area contributed by atoms with Gasteiger partial charge >= 0.3 is 5.97 Å². The van der Waals surface area contributed by atoms with Crippen LogP contribution in [0.5, 0.6) is 0 Å². The number of hydrogen-bond donors (Lipinski definition) is 2. The molecule has 0 radical (unpaired) electrons. The Morgan fingerprint density at radius 1 is 1.17 bits per heavy atom. The summed E-state index contributed by atoms with van der Waals surface area (Å²) in [6.45, 7) is 3.99. The number of carbonyl (C=O) groups is 3. The minimum absolute atomic E-state index is 0.0352. The van der Waals surface area contributed by atoms with Crippen molar-refractivity contribution in [3.8, 4) is 0 Å². The lowest BCUT2D eigenvalue weighted by molar-refractivity contribution is -0.384. The number of rotatable bonds is 8. The Hall–Kier alpha value is -2.97. The first kappa shape index (κ1) is 22.3. The van der Waals surface area contributed by atoms with Crippen molar-refractivity contribution in [1.82, 2.24) is 10.6 Å². The van der Waals surface area contributed by atoms with E-state index in [0.717, 1.165) is 19.3 Å². The lowest BCUT2D eigenvalue weighted by atomic mass is 9.78. The van der Waals surface area contributed by atoms with E-state index in [0.29, 0.717) is 11.8 Å². The van der Waals surface area contributed by atoms with E-state index >= 15 is 0 Å². The molecule has 0 bridgehead atoms. The predicted molar refractivity (Wildman–Crippen MR) is 105 cm³/mol. The third-order valence-corrected chi connectivity index (χ3v) is 5.37. The second kappa shape index (κ2) is 10.5. The summed E-state index contributed by atoms with van der Waals surface area (Å²) in [4.78, 5) is 45.8. The van der Waals surface area contributed by atoms with E-state index in [1.54, 1.807) is 0 Å². The maximum absolute atomic E-state index is 12.0. The van der Waals surface area contributed by atoms with Crippen LogP contribution >= 0.6 is 0 Å². The Kier molecular flexibility index (Phi) is 8.11. The van der Waals surface area contributed by atoms with Gasteiger partial charge < -0.3 is 15.4 Å². The van der Waals surface area contributed by atoms with Crippen molar-refractivity contribution in [2.45, 2.75) is 45.6 Å². The Morgan fingerprint density at radius 3 is 2.52 bits per heavy atom. The van der Waals surface area contributed by atoms with Gasteiger partial charge in [-0.15, -0.1) is 0 Å². The van der Waals surface area contributed by atoms with Crippen LogP contribution in [0, 0.1) is 22.0 Å². The third kappa shape index (κ3) is 6.85. The topological polar surface area (TPSA) is 128 Å². The molecule has 9 heteroatoms. The van der Waals surface area contributed by atoms with Gasteiger partial charge in [0, 0.05) is 30.3 Å². The minimum atomic E-state index is -0.589. The van der Waals surface area contributed by atoms with Crippen molar-refractivity contribution in [2.24, 2.45) is 11.8 Å². The van der Waals surface area contributed by atoms with Crippen LogP contribution in [0.1, 0.15) is 49.9 Å². The number of nitrogens with zero attached hydrogens (tertiary/aromatic N) is 1. The Balaban J connectivity index is 1.65. The number of ether oxygens (including phenoxy) is 1. The van der Waals surface area contributed by atoms with Gasteiger partial charge in [0.05, 0.1) is 11.3 Å². The van der Waals surface area contributed by atoms with E-state index in [1.807, 2.05) is 0 Å². The molecule has 1 aromatic carbocycles. The monoisotopic (exact) mass is 405 g/mol. The Morgan fingerprint density at radius 2 is 1.86 bits per heavy atom. The number of non-ortho nitro benzene ring substituents is 1. The van der Waals surface area contributed by atoms with Gasteiger partial charge in [-0.3, -0.25) is 24.5 Å². The second-order valence-electron chi connectivity index (χ2n) is 7.41. The van der Waals surface area contributed by atoms with E-state index in [9.17, 15) is 24.5 Å². The lowest BCUT2D eigenvalue weighted by Gasteiger charge is -2.34. The molecule has 0 spiro atoms. The molecular weight excluding hydrogens is 378 g/mol. The molecule has 1 aromatic rings. The third-order valence-electron chi connectivity index (χ3n) is 5.37. The second-order valence-corrected chi connectivity index (χ2v) is 7.41. The van der Waals surface area contributed by atoms with Crippen LogP contribution in [0.15, 0.2) is 24.3 Å². The first-order valence-corrected chi connectivity index (χ1v) is 9.75. The average molecular weight is 405 g/mol. The van der Waals surface area contributed by atoms with Gasteiger partial charge in [-0.05, 0) is 30.4 Å². The summed E-state index contributed by atoms with van der Waals surface area (Å²) in [5, 5.41) is 16.1. The van der Waals surface area contributed by atoms with E-state index in [4.69, 9.17) is 4.74 Å². The van der Waals surface area contributed by atoms with E-state index in [-0.39, 0.29) is 42.8 Å². The minimum Gasteiger partial charge on any atom is -0.456 e. The summed E-state index contributed by atoms with van der Waals surface area (Å²) < 4.78 is 4.96. The van der Waals surface area contributed by atoms with Crippen molar-refractivity contribution < 1.29 is 24.0 Å². The first-order chi connectivity index (χ1) is 13.8. The number of nitro benzene ring substituents is 1. The number of amides is 2. The number of benzene rings is 1.